The average molecular weight is 465 g/mol. The Bertz CT molecular complexity index is 1410. The Morgan fingerprint density at radius 1 is 1.00 bits per heavy atom. The van der Waals surface area contributed by atoms with Crippen LogP contribution in [0.1, 0.15) is 12.8 Å². The fourth-order valence-electron chi connectivity index (χ4n) is 4.28. The van der Waals surface area contributed by atoms with Gasteiger partial charge in [0, 0.05) is 55.4 Å². The van der Waals surface area contributed by atoms with Crippen LogP contribution in [0.15, 0.2) is 66.0 Å². The van der Waals surface area contributed by atoms with Crippen LogP contribution in [-0.4, -0.2) is 32.3 Å². The third-order valence-electron chi connectivity index (χ3n) is 6.05. The molecule has 0 aliphatic carbocycles. The van der Waals surface area contributed by atoms with Gasteiger partial charge in [0.2, 0.25) is 0 Å². The summed E-state index contributed by atoms with van der Waals surface area (Å²) < 4.78 is 17.5. The maximum absolute atomic E-state index is 14.7. The fraction of sp³-hybridized carbons (Fsp3) is 0.200. The van der Waals surface area contributed by atoms with Crippen molar-refractivity contribution < 1.29 is 9.50 Å². The maximum Gasteiger partial charge on any atom is 0.332 e. The van der Waals surface area contributed by atoms with Gasteiger partial charge in [0.05, 0.1) is 22.6 Å². The fourth-order valence-corrected chi connectivity index (χ4v) is 4.55. The lowest BCUT2D eigenvalue weighted by Crippen LogP contribution is -2.20. The van der Waals surface area contributed by atoms with Crippen LogP contribution in [-0.2, 0) is 7.05 Å². The number of aromatic hydroxyl groups is 1. The van der Waals surface area contributed by atoms with Crippen molar-refractivity contribution in [1.82, 2.24) is 14.1 Å². The van der Waals surface area contributed by atoms with Gasteiger partial charge < -0.3 is 14.6 Å². The van der Waals surface area contributed by atoms with E-state index in [9.17, 15) is 14.3 Å². The minimum atomic E-state index is -0.483. The first-order valence-electron chi connectivity index (χ1n) is 10.7. The third-order valence-corrected chi connectivity index (χ3v) is 6.35. The molecule has 0 saturated carbocycles. The summed E-state index contributed by atoms with van der Waals surface area (Å²) in [5, 5.41) is 11.4. The van der Waals surface area contributed by atoms with Crippen LogP contribution >= 0.6 is 11.6 Å². The predicted molar refractivity (Wildman–Crippen MR) is 128 cm³/mol. The number of phenols is 1. The van der Waals surface area contributed by atoms with E-state index in [-0.39, 0.29) is 11.4 Å². The number of phenolic OH excluding ortho intramolecular Hbond substituents is 1. The van der Waals surface area contributed by atoms with E-state index in [2.05, 4.69) is 9.88 Å². The van der Waals surface area contributed by atoms with Gasteiger partial charge in [-0.2, -0.15) is 0 Å². The van der Waals surface area contributed by atoms with E-state index >= 15 is 0 Å². The van der Waals surface area contributed by atoms with Crippen molar-refractivity contribution in [3.8, 4) is 33.7 Å². The van der Waals surface area contributed by atoms with Crippen LogP contribution < -0.4 is 10.6 Å². The molecular formula is C25H22ClFN4O2. The lowest BCUT2D eigenvalue weighted by Gasteiger charge is -2.18. The molecule has 0 spiro atoms. The van der Waals surface area contributed by atoms with Crippen molar-refractivity contribution in [3.05, 3.63) is 82.5 Å². The normalized spacial score (nSPS) is 13.6. The molecule has 0 bridgehead atoms. The Labute approximate surface area is 195 Å². The molecule has 1 aliphatic rings. The van der Waals surface area contributed by atoms with Gasteiger partial charge in [-0.25, -0.2) is 9.18 Å². The average Bonchev–Trinajstić information content (AvgIpc) is 3.46. The van der Waals surface area contributed by atoms with Crippen LogP contribution in [0.4, 0.5) is 10.1 Å². The topological polar surface area (TPSA) is 63.3 Å². The second kappa shape index (κ2) is 8.41. The van der Waals surface area contributed by atoms with Crippen LogP contribution in [0.25, 0.3) is 27.9 Å². The van der Waals surface area contributed by atoms with Gasteiger partial charge in [0.25, 0.3) is 0 Å². The molecule has 2 aromatic heterocycles. The number of aryl methyl sites for hydroxylation is 1. The van der Waals surface area contributed by atoms with E-state index in [1.165, 1.54) is 21.3 Å². The van der Waals surface area contributed by atoms with Crippen molar-refractivity contribution in [2.75, 3.05) is 18.0 Å². The number of benzene rings is 2. The highest BCUT2D eigenvalue weighted by Crippen LogP contribution is 2.41. The maximum atomic E-state index is 14.7. The molecule has 33 heavy (non-hydrogen) atoms. The molecule has 2 aromatic carbocycles. The highest BCUT2D eigenvalue weighted by Gasteiger charge is 2.18. The smallest absolute Gasteiger partial charge is 0.332 e. The summed E-state index contributed by atoms with van der Waals surface area (Å²) in [5.74, 6) is -0.540. The van der Waals surface area contributed by atoms with E-state index in [4.69, 9.17) is 11.6 Å². The van der Waals surface area contributed by atoms with E-state index in [0.717, 1.165) is 31.6 Å². The molecule has 1 saturated heterocycles. The molecule has 0 radical (unpaired) electrons. The quantitative estimate of drug-likeness (QED) is 0.461. The summed E-state index contributed by atoms with van der Waals surface area (Å²) in [6, 6.07) is 9.51. The number of aromatic nitrogens is 3. The molecule has 168 valence electrons. The van der Waals surface area contributed by atoms with Gasteiger partial charge in [-0.1, -0.05) is 17.7 Å². The molecule has 4 aromatic rings. The minimum Gasteiger partial charge on any atom is -0.507 e. The Morgan fingerprint density at radius 3 is 2.39 bits per heavy atom. The first-order valence-corrected chi connectivity index (χ1v) is 11.1. The number of nitrogens with zero attached hydrogens (tertiary/aromatic N) is 4. The lowest BCUT2D eigenvalue weighted by atomic mass is 9.97. The number of rotatable bonds is 4. The largest absolute Gasteiger partial charge is 0.507 e. The standard InChI is InChI=1S/C25H22ClFN4O2/c1-29-8-9-31(25(29)33)23-5-4-16(11-22(23)26)20-12-18(27)13-21(24(20)32)17-10-19(15-28-14-17)30-6-2-3-7-30/h4-5,8-15,32H,2-3,6-7H2,1H3. The molecule has 1 fully saturated rings. The molecule has 3 heterocycles. The number of imidazole rings is 1. The van der Waals surface area contributed by atoms with Crippen molar-refractivity contribution in [2.24, 2.45) is 7.05 Å². The van der Waals surface area contributed by atoms with Crippen LogP contribution in [0.2, 0.25) is 5.02 Å². The van der Waals surface area contributed by atoms with Gasteiger partial charge in [0.1, 0.15) is 11.6 Å². The van der Waals surface area contributed by atoms with Gasteiger partial charge in [-0.05, 0) is 48.7 Å². The van der Waals surface area contributed by atoms with Gasteiger partial charge >= 0.3 is 5.69 Å². The third kappa shape index (κ3) is 3.89. The summed E-state index contributed by atoms with van der Waals surface area (Å²) in [7, 11) is 1.65. The Balaban J connectivity index is 1.57. The number of pyridine rings is 1. The first-order chi connectivity index (χ1) is 15.9. The molecule has 8 heteroatoms. The minimum absolute atomic E-state index is 0.0579. The van der Waals surface area contributed by atoms with E-state index < -0.39 is 5.82 Å². The zero-order valence-corrected chi connectivity index (χ0v) is 18.8. The van der Waals surface area contributed by atoms with Crippen molar-refractivity contribution >= 4 is 17.3 Å². The zero-order chi connectivity index (χ0) is 23.1. The predicted octanol–water partition coefficient (Wildman–Crippen LogP) is 5.00. The number of halogens is 2. The van der Waals surface area contributed by atoms with E-state index in [1.54, 1.807) is 50.0 Å². The lowest BCUT2D eigenvalue weighted by molar-refractivity contribution is 0.477. The summed E-state index contributed by atoms with van der Waals surface area (Å²) >= 11 is 6.48. The summed E-state index contributed by atoms with van der Waals surface area (Å²) in [5.41, 5.74) is 3.07. The molecule has 5 rings (SSSR count). The van der Waals surface area contributed by atoms with Gasteiger partial charge in [-0.15, -0.1) is 0 Å². The highest BCUT2D eigenvalue weighted by molar-refractivity contribution is 6.32. The number of hydrogen-bond acceptors (Lipinski definition) is 4. The number of hydrogen-bond donors (Lipinski definition) is 1. The second-order valence-electron chi connectivity index (χ2n) is 8.20. The van der Waals surface area contributed by atoms with Gasteiger partial charge in [-0.3, -0.25) is 9.55 Å². The molecule has 0 amide bonds. The highest BCUT2D eigenvalue weighted by atomic mass is 35.5. The van der Waals surface area contributed by atoms with Crippen molar-refractivity contribution in [2.45, 2.75) is 12.8 Å². The summed E-state index contributed by atoms with van der Waals surface area (Å²) in [6.07, 6.45) is 8.94. The first kappa shape index (κ1) is 21.3. The van der Waals surface area contributed by atoms with Gasteiger partial charge in [0.15, 0.2) is 0 Å². The molecule has 1 N–H and O–H groups in total. The Kier molecular flexibility index (Phi) is 5.42. The van der Waals surface area contributed by atoms with E-state index in [1.807, 2.05) is 6.07 Å². The number of anilines is 1. The summed E-state index contributed by atoms with van der Waals surface area (Å²) in [6.45, 7) is 1.92. The zero-order valence-electron chi connectivity index (χ0n) is 18.0. The van der Waals surface area contributed by atoms with Crippen LogP contribution in [0, 0.1) is 5.82 Å². The Hall–Kier alpha value is -3.58. The SMILES string of the molecule is Cn1ccn(-c2ccc(-c3cc(F)cc(-c4cncc(N5CCCC5)c4)c3O)cc2Cl)c1=O. The van der Waals surface area contributed by atoms with Crippen LogP contribution in [0.5, 0.6) is 5.75 Å². The summed E-state index contributed by atoms with van der Waals surface area (Å²) in [4.78, 5) is 18.8. The second-order valence-corrected chi connectivity index (χ2v) is 8.61. The monoisotopic (exact) mass is 464 g/mol. The Morgan fingerprint density at radius 2 is 1.73 bits per heavy atom. The molecule has 0 unspecified atom stereocenters. The van der Waals surface area contributed by atoms with Crippen LogP contribution in [0.3, 0.4) is 0 Å². The molecule has 0 atom stereocenters. The van der Waals surface area contributed by atoms with E-state index in [0.29, 0.717) is 33.0 Å². The van der Waals surface area contributed by atoms with Crippen molar-refractivity contribution in [3.63, 3.8) is 0 Å². The molecule has 1 aliphatic heterocycles. The van der Waals surface area contributed by atoms with Crippen molar-refractivity contribution in [1.29, 1.82) is 0 Å². The molecule has 6 nitrogen and oxygen atoms in total. The molecular weight excluding hydrogens is 443 g/mol.